The minimum Gasteiger partial charge on any atom is -0.446 e. The molecule has 220 valence electrons. The highest BCUT2D eigenvalue weighted by Gasteiger charge is 2.56. The third-order valence-corrected chi connectivity index (χ3v) is 13.1. The summed E-state index contributed by atoms with van der Waals surface area (Å²) in [7, 11) is -2.69. The summed E-state index contributed by atoms with van der Waals surface area (Å²) in [5.74, 6) is 6.19. The monoisotopic (exact) mass is 588 g/mol. The Bertz CT molecular complexity index is 1500. The number of hydrogen-bond acceptors (Lipinski definition) is 4. The summed E-state index contributed by atoms with van der Waals surface area (Å²) >= 11 is 0. The van der Waals surface area contributed by atoms with E-state index >= 15 is 0 Å². The first kappa shape index (κ1) is 30.5. The van der Waals surface area contributed by atoms with E-state index < -0.39 is 20.0 Å². The van der Waals surface area contributed by atoms with Crippen molar-refractivity contribution in [2.45, 2.75) is 63.4 Å². The topological polar surface area (TPSA) is 48.1 Å². The summed E-state index contributed by atoms with van der Waals surface area (Å²) < 4.78 is 19.2. The third-order valence-electron chi connectivity index (χ3n) is 8.09. The smallest absolute Gasteiger partial charge is 0.339 e. The molecule has 0 aromatic heterocycles. The van der Waals surface area contributed by atoms with Gasteiger partial charge in [0.15, 0.2) is 11.7 Å². The van der Waals surface area contributed by atoms with E-state index in [9.17, 15) is 4.79 Å². The Labute approximate surface area is 257 Å². The van der Waals surface area contributed by atoms with Crippen LogP contribution in [0, 0.1) is 11.8 Å². The number of ether oxygens (including phenoxy) is 2. The van der Waals surface area contributed by atoms with Crippen molar-refractivity contribution in [3.8, 4) is 11.8 Å². The fraction of sp³-hybridized carbons (Fsp3) is 0.289. The highest BCUT2D eigenvalue weighted by molar-refractivity contribution is 6.99. The molecule has 4 nitrogen and oxygen atoms in total. The first-order valence-electron chi connectivity index (χ1n) is 15.0. The lowest BCUT2D eigenvalue weighted by Gasteiger charge is -2.43. The number of esters is 1. The van der Waals surface area contributed by atoms with E-state index in [0.29, 0.717) is 18.6 Å². The van der Waals surface area contributed by atoms with Crippen molar-refractivity contribution in [1.29, 1.82) is 0 Å². The Morgan fingerprint density at radius 1 is 0.837 bits per heavy atom. The molecule has 1 aliphatic rings. The van der Waals surface area contributed by atoms with Gasteiger partial charge in [-0.25, -0.2) is 4.79 Å². The maximum Gasteiger partial charge on any atom is 0.339 e. The molecule has 5 heteroatoms. The van der Waals surface area contributed by atoms with Gasteiger partial charge in [-0.1, -0.05) is 142 Å². The molecule has 4 aromatic rings. The minimum absolute atomic E-state index is 0.124. The zero-order valence-corrected chi connectivity index (χ0v) is 26.5. The van der Waals surface area contributed by atoms with Crippen LogP contribution in [0.1, 0.15) is 50.0 Å². The van der Waals surface area contributed by atoms with Gasteiger partial charge >= 0.3 is 5.97 Å². The molecule has 43 heavy (non-hydrogen) atoms. The van der Waals surface area contributed by atoms with Gasteiger partial charge in [-0.15, -0.1) is 0 Å². The van der Waals surface area contributed by atoms with Crippen LogP contribution in [0.15, 0.2) is 121 Å². The molecule has 1 saturated heterocycles. The molecular weight excluding hydrogens is 549 g/mol. The highest BCUT2D eigenvalue weighted by Crippen LogP contribution is 2.40. The molecule has 0 saturated carbocycles. The van der Waals surface area contributed by atoms with Gasteiger partial charge in [0, 0.05) is 0 Å². The van der Waals surface area contributed by atoms with Gasteiger partial charge in [0.25, 0.3) is 8.32 Å². The van der Waals surface area contributed by atoms with Crippen LogP contribution in [0.3, 0.4) is 0 Å². The van der Waals surface area contributed by atoms with Crippen molar-refractivity contribution in [3.63, 3.8) is 0 Å². The molecule has 5 rings (SSSR count). The number of epoxide rings is 1. The average molecular weight is 589 g/mol. The summed E-state index contributed by atoms with van der Waals surface area (Å²) in [4.78, 5) is 12.9. The average Bonchev–Trinajstić information content (AvgIpc) is 3.69. The Hall–Kier alpha value is -3.95. The van der Waals surface area contributed by atoms with E-state index in [4.69, 9.17) is 13.9 Å². The summed E-state index contributed by atoms with van der Waals surface area (Å²) in [6.07, 6.45) is 0.600. The third kappa shape index (κ3) is 7.17. The van der Waals surface area contributed by atoms with Gasteiger partial charge < -0.3 is 13.9 Å². The number of benzene rings is 4. The lowest BCUT2D eigenvalue weighted by Crippen LogP contribution is -2.66. The van der Waals surface area contributed by atoms with Crippen LogP contribution in [-0.2, 0) is 20.3 Å². The van der Waals surface area contributed by atoms with Crippen LogP contribution in [0.2, 0.25) is 5.04 Å². The van der Waals surface area contributed by atoms with Crippen LogP contribution < -0.4 is 10.4 Å². The number of aryl methyl sites for hydroxylation is 1. The molecular formula is C38H40O4Si. The lowest BCUT2D eigenvalue weighted by molar-refractivity contribution is 0.0397. The standard InChI is InChI=1S/C38H40O4Si/c1-37(2,3)43(33-21-13-7-14-22-33,34-23-15-8-16-24-34)40-29-35-38(4,42-35)28-27-32(26-25-30-17-9-5-10-18-30)41-36(39)31-19-11-6-12-20-31/h5-24,32,35H,25-26,29H2,1-4H3. The van der Waals surface area contributed by atoms with Crippen LogP contribution in [0.25, 0.3) is 0 Å². The first-order chi connectivity index (χ1) is 20.7. The Kier molecular flexibility index (Phi) is 9.32. The Morgan fingerprint density at radius 2 is 1.35 bits per heavy atom. The Morgan fingerprint density at radius 3 is 1.88 bits per heavy atom. The molecule has 3 unspecified atom stereocenters. The predicted molar refractivity (Wildman–Crippen MR) is 175 cm³/mol. The SMILES string of the molecule is CC1(C#CC(CCc2ccccc2)OC(=O)c2ccccc2)OC1CO[Si](c1ccccc1)(c1ccccc1)C(C)(C)C. The zero-order valence-electron chi connectivity index (χ0n) is 25.5. The van der Waals surface area contributed by atoms with Crippen LogP contribution in [-0.4, -0.2) is 38.7 Å². The van der Waals surface area contributed by atoms with Crippen LogP contribution in [0.4, 0.5) is 0 Å². The van der Waals surface area contributed by atoms with Crippen molar-refractivity contribution in [2.75, 3.05) is 6.61 Å². The number of carbonyl (C=O) groups is 1. The highest BCUT2D eigenvalue weighted by atomic mass is 28.4. The van der Waals surface area contributed by atoms with E-state index in [1.807, 2.05) is 55.5 Å². The normalized spacial score (nSPS) is 18.7. The molecule has 0 amide bonds. The summed E-state index contributed by atoms with van der Waals surface area (Å²) in [5.41, 5.74) is 1.02. The summed E-state index contributed by atoms with van der Waals surface area (Å²) in [6.45, 7) is 9.23. The van der Waals surface area contributed by atoms with Crippen molar-refractivity contribution in [1.82, 2.24) is 0 Å². The van der Waals surface area contributed by atoms with Gasteiger partial charge in [0.2, 0.25) is 0 Å². The van der Waals surface area contributed by atoms with E-state index in [1.165, 1.54) is 15.9 Å². The second kappa shape index (κ2) is 13.1. The summed E-state index contributed by atoms with van der Waals surface area (Å²) in [5, 5.41) is 2.34. The molecule has 1 heterocycles. The quantitative estimate of drug-likeness (QED) is 0.0909. The second-order valence-corrected chi connectivity index (χ2v) is 16.5. The van der Waals surface area contributed by atoms with Gasteiger partial charge in [0.05, 0.1) is 12.2 Å². The number of rotatable bonds is 10. The van der Waals surface area contributed by atoms with Crippen molar-refractivity contribution < 1.29 is 18.7 Å². The van der Waals surface area contributed by atoms with E-state index in [-0.39, 0.29) is 17.1 Å². The second-order valence-electron chi connectivity index (χ2n) is 12.2. The number of carbonyl (C=O) groups excluding carboxylic acids is 1. The van der Waals surface area contributed by atoms with E-state index in [0.717, 1.165) is 6.42 Å². The first-order valence-corrected chi connectivity index (χ1v) is 16.9. The molecule has 0 aliphatic carbocycles. The molecule has 4 aromatic carbocycles. The predicted octanol–water partition coefficient (Wildman–Crippen LogP) is 6.58. The van der Waals surface area contributed by atoms with Gasteiger partial charge in [0.1, 0.15) is 6.10 Å². The fourth-order valence-corrected chi connectivity index (χ4v) is 10.2. The molecule has 0 spiro atoms. The van der Waals surface area contributed by atoms with Gasteiger partial charge in [-0.05, 0) is 52.9 Å². The van der Waals surface area contributed by atoms with Crippen LogP contribution >= 0.6 is 0 Å². The molecule has 0 bridgehead atoms. The fourth-order valence-electron chi connectivity index (χ4n) is 5.63. The largest absolute Gasteiger partial charge is 0.446 e. The van der Waals surface area contributed by atoms with E-state index in [1.54, 1.807) is 12.1 Å². The van der Waals surface area contributed by atoms with E-state index in [2.05, 4.69) is 93.3 Å². The maximum absolute atomic E-state index is 12.9. The molecule has 1 aliphatic heterocycles. The molecule has 1 fully saturated rings. The van der Waals surface area contributed by atoms with Crippen molar-refractivity contribution >= 4 is 24.7 Å². The van der Waals surface area contributed by atoms with Gasteiger partial charge in [-0.3, -0.25) is 0 Å². The maximum atomic E-state index is 12.9. The lowest BCUT2D eigenvalue weighted by atomic mass is 10.0. The Balaban J connectivity index is 1.34. The minimum atomic E-state index is -2.69. The molecule has 3 atom stereocenters. The molecule has 0 N–H and O–H groups in total. The zero-order chi connectivity index (χ0) is 30.3. The van der Waals surface area contributed by atoms with Gasteiger partial charge in [-0.2, -0.15) is 0 Å². The van der Waals surface area contributed by atoms with Crippen molar-refractivity contribution in [3.05, 3.63) is 132 Å². The van der Waals surface area contributed by atoms with Crippen molar-refractivity contribution in [2.24, 2.45) is 0 Å². The molecule has 0 radical (unpaired) electrons. The van der Waals surface area contributed by atoms with Crippen LogP contribution in [0.5, 0.6) is 0 Å². The number of hydrogen-bond donors (Lipinski definition) is 0. The summed E-state index contributed by atoms with van der Waals surface area (Å²) in [6, 6.07) is 40.4.